The molecule has 1 aliphatic heterocycles. The van der Waals surface area contributed by atoms with Crippen molar-refractivity contribution in [1.82, 2.24) is 0 Å². The van der Waals surface area contributed by atoms with Gasteiger partial charge in [-0.3, -0.25) is 9.59 Å². The highest BCUT2D eigenvalue weighted by molar-refractivity contribution is 6.24. The summed E-state index contributed by atoms with van der Waals surface area (Å²) in [7, 11) is 0. The van der Waals surface area contributed by atoms with E-state index in [1.165, 1.54) is 10.5 Å². The molecule has 27 heavy (non-hydrogen) atoms. The highest BCUT2D eigenvalue weighted by atomic mass is 16.5. The Balaban J connectivity index is 1.40. The molecule has 4 nitrogen and oxygen atoms in total. The van der Waals surface area contributed by atoms with E-state index in [0.717, 1.165) is 12.2 Å². The Kier molecular flexibility index (Phi) is 3.36. The third-order valence-electron chi connectivity index (χ3n) is 6.46. The topological polar surface area (TPSA) is 46.6 Å². The van der Waals surface area contributed by atoms with Gasteiger partial charge in [-0.25, -0.2) is 4.90 Å². The van der Waals surface area contributed by atoms with Gasteiger partial charge in [-0.05, 0) is 68.5 Å². The van der Waals surface area contributed by atoms with Gasteiger partial charge in [0.25, 0.3) is 0 Å². The number of aryl methyl sites for hydroxylation is 1. The minimum atomic E-state index is -0.590. The lowest BCUT2D eigenvalue weighted by atomic mass is 9.71. The minimum Gasteiger partial charge on any atom is -0.457 e. The van der Waals surface area contributed by atoms with Crippen LogP contribution >= 0.6 is 0 Å². The summed E-state index contributed by atoms with van der Waals surface area (Å²) in [6.07, 6.45) is 5.16. The van der Waals surface area contributed by atoms with Crippen molar-refractivity contribution >= 4 is 17.5 Å². The van der Waals surface area contributed by atoms with E-state index in [0.29, 0.717) is 11.4 Å². The maximum Gasteiger partial charge on any atom is 0.241 e. The van der Waals surface area contributed by atoms with Gasteiger partial charge in [-0.1, -0.05) is 29.8 Å². The Morgan fingerprint density at radius 1 is 0.963 bits per heavy atom. The molecule has 2 bridgehead atoms. The van der Waals surface area contributed by atoms with Crippen LogP contribution in [-0.2, 0) is 9.59 Å². The lowest BCUT2D eigenvalue weighted by Crippen LogP contribution is -2.37. The van der Waals surface area contributed by atoms with E-state index in [4.69, 9.17) is 4.74 Å². The van der Waals surface area contributed by atoms with Crippen molar-refractivity contribution in [2.75, 3.05) is 4.90 Å². The molecule has 1 saturated carbocycles. The molecule has 1 saturated heterocycles. The number of hydrogen-bond donors (Lipinski definition) is 0. The number of nitrogens with zero attached hydrogens (tertiary/aromatic N) is 1. The summed E-state index contributed by atoms with van der Waals surface area (Å²) in [4.78, 5) is 27.6. The monoisotopic (exact) mass is 359 g/mol. The van der Waals surface area contributed by atoms with Crippen LogP contribution in [0.2, 0.25) is 0 Å². The predicted octanol–water partition coefficient (Wildman–Crippen LogP) is 4.49. The number of hydrogen-bond acceptors (Lipinski definition) is 3. The zero-order valence-corrected chi connectivity index (χ0v) is 15.4. The summed E-state index contributed by atoms with van der Waals surface area (Å²) in [5.41, 5.74) is 1.20. The number of fused-ring (bicyclic) bond motifs is 5. The molecule has 136 valence electrons. The number of rotatable bonds is 3. The number of anilines is 1. The number of benzene rings is 2. The zero-order valence-electron chi connectivity index (χ0n) is 15.4. The standard InChI is InChI=1S/C23H21NO3/c1-14-3-9-18(10-4-14)27-19-11-7-17(8-12-19)24-21(25)20-15-5-6-16(13-15)23(20,2)22(24)26/h3-12,15-16,20H,13H2,1-2H3/t15-,16+,20+,23+/m1/s1. The van der Waals surface area contributed by atoms with Crippen LogP contribution in [0.4, 0.5) is 5.69 Å². The molecule has 4 heteroatoms. The molecule has 0 spiro atoms. The van der Waals surface area contributed by atoms with E-state index in [1.807, 2.05) is 38.1 Å². The fourth-order valence-corrected chi connectivity index (χ4v) is 4.96. The Hall–Kier alpha value is -2.88. The van der Waals surface area contributed by atoms with Gasteiger partial charge in [0.1, 0.15) is 11.5 Å². The van der Waals surface area contributed by atoms with Gasteiger partial charge in [0.05, 0.1) is 17.0 Å². The van der Waals surface area contributed by atoms with E-state index < -0.39 is 5.41 Å². The van der Waals surface area contributed by atoms with Gasteiger partial charge >= 0.3 is 0 Å². The third-order valence-corrected chi connectivity index (χ3v) is 6.46. The van der Waals surface area contributed by atoms with E-state index in [-0.39, 0.29) is 29.6 Å². The molecule has 2 aromatic rings. The van der Waals surface area contributed by atoms with Gasteiger partial charge in [-0.15, -0.1) is 0 Å². The first-order valence-corrected chi connectivity index (χ1v) is 9.40. The van der Waals surface area contributed by atoms with Crippen molar-refractivity contribution < 1.29 is 14.3 Å². The van der Waals surface area contributed by atoms with Gasteiger partial charge in [0, 0.05) is 0 Å². The average molecular weight is 359 g/mol. The van der Waals surface area contributed by atoms with Crippen molar-refractivity contribution in [3.63, 3.8) is 0 Å². The molecule has 0 aromatic heterocycles. The SMILES string of the molecule is Cc1ccc(Oc2ccc(N3C(=O)[C@@H]4[C@@H]5C=C[C@@H](C5)[C@]4(C)C3=O)cc2)cc1. The van der Waals surface area contributed by atoms with Crippen LogP contribution < -0.4 is 9.64 Å². The second kappa shape index (κ2) is 5.56. The fraction of sp³-hybridized carbons (Fsp3) is 0.304. The number of carbonyl (C=O) groups is 2. The first-order chi connectivity index (χ1) is 13.0. The fourth-order valence-electron chi connectivity index (χ4n) is 4.96. The summed E-state index contributed by atoms with van der Waals surface area (Å²) >= 11 is 0. The van der Waals surface area contributed by atoms with Crippen LogP contribution in [0.15, 0.2) is 60.7 Å². The normalized spacial score (nSPS) is 30.9. The largest absolute Gasteiger partial charge is 0.457 e. The number of allylic oxidation sites excluding steroid dienone is 2. The lowest BCUT2D eigenvalue weighted by Gasteiger charge is -2.28. The van der Waals surface area contributed by atoms with Crippen molar-refractivity contribution in [3.05, 3.63) is 66.2 Å². The molecule has 0 unspecified atom stereocenters. The van der Waals surface area contributed by atoms with Gasteiger partial charge in [0.15, 0.2) is 0 Å². The van der Waals surface area contributed by atoms with Crippen LogP contribution in [0.1, 0.15) is 18.9 Å². The third kappa shape index (κ3) is 2.22. The molecule has 0 N–H and O–H groups in total. The van der Waals surface area contributed by atoms with Crippen molar-refractivity contribution in [2.24, 2.45) is 23.2 Å². The first-order valence-electron chi connectivity index (χ1n) is 9.40. The van der Waals surface area contributed by atoms with E-state index in [9.17, 15) is 9.59 Å². The van der Waals surface area contributed by atoms with Crippen molar-refractivity contribution in [2.45, 2.75) is 20.3 Å². The van der Waals surface area contributed by atoms with Crippen LogP contribution in [0, 0.1) is 30.1 Å². The van der Waals surface area contributed by atoms with Crippen LogP contribution in [0.25, 0.3) is 0 Å². The summed E-state index contributed by atoms with van der Waals surface area (Å²) < 4.78 is 5.84. The molecule has 0 radical (unpaired) electrons. The second-order valence-corrected chi connectivity index (χ2v) is 8.04. The summed E-state index contributed by atoms with van der Waals surface area (Å²) in [6.45, 7) is 3.99. The van der Waals surface area contributed by atoms with Gasteiger partial charge in [0.2, 0.25) is 11.8 Å². The summed E-state index contributed by atoms with van der Waals surface area (Å²) in [5.74, 6) is 1.46. The number of ether oxygens (including phenoxy) is 1. The highest BCUT2D eigenvalue weighted by Crippen LogP contribution is 2.60. The molecule has 2 aromatic carbocycles. The smallest absolute Gasteiger partial charge is 0.241 e. The molecular weight excluding hydrogens is 338 g/mol. The molecule has 3 aliphatic rings. The lowest BCUT2D eigenvalue weighted by molar-refractivity contribution is -0.127. The van der Waals surface area contributed by atoms with E-state index in [2.05, 4.69) is 12.2 Å². The van der Waals surface area contributed by atoms with Gasteiger partial charge < -0.3 is 4.74 Å². The molecule has 4 atom stereocenters. The maximum atomic E-state index is 13.2. The Bertz CT molecular complexity index is 960. The second-order valence-electron chi connectivity index (χ2n) is 8.04. The van der Waals surface area contributed by atoms with Crippen molar-refractivity contribution in [3.8, 4) is 11.5 Å². The Morgan fingerprint density at radius 2 is 1.59 bits per heavy atom. The van der Waals surface area contributed by atoms with Crippen LogP contribution in [0.5, 0.6) is 11.5 Å². The molecule has 2 fully saturated rings. The quantitative estimate of drug-likeness (QED) is 0.599. The van der Waals surface area contributed by atoms with Crippen LogP contribution in [0.3, 0.4) is 0 Å². The number of carbonyl (C=O) groups excluding carboxylic acids is 2. The highest BCUT2D eigenvalue weighted by Gasteiger charge is 2.67. The zero-order chi connectivity index (χ0) is 18.8. The Morgan fingerprint density at radius 3 is 2.22 bits per heavy atom. The average Bonchev–Trinajstić information content (AvgIpc) is 3.30. The molecule has 2 aliphatic carbocycles. The Labute approximate surface area is 158 Å². The molecule has 1 heterocycles. The van der Waals surface area contributed by atoms with E-state index >= 15 is 0 Å². The van der Waals surface area contributed by atoms with Gasteiger partial charge in [-0.2, -0.15) is 0 Å². The number of imide groups is 1. The van der Waals surface area contributed by atoms with Crippen LogP contribution in [-0.4, -0.2) is 11.8 Å². The van der Waals surface area contributed by atoms with E-state index in [1.54, 1.807) is 24.3 Å². The first kappa shape index (κ1) is 16.3. The maximum absolute atomic E-state index is 13.2. The number of amides is 2. The molecule has 2 amide bonds. The molecular formula is C23H21NO3. The predicted molar refractivity (Wildman–Crippen MR) is 103 cm³/mol. The van der Waals surface area contributed by atoms with Crippen molar-refractivity contribution in [1.29, 1.82) is 0 Å². The summed E-state index contributed by atoms with van der Waals surface area (Å²) in [6, 6.07) is 15.0. The molecule has 5 rings (SSSR count). The summed E-state index contributed by atoms with van der Waals surface area (Å²) in [5, 5.41) is 0. The minimum absolute atomic E-state index is 0.0634.